The van der Waals surface area contributed by atoms with Gasteiger partial charge in [0.25, 0.3) is 0 Å². The minimum atomic E-state index is -0.269. The third-order valence-corrected chi connectivity index (χ3v) is 5.93. The van der Waals surface area contributed by atoms with Gasteiger partial charge in [-0.1, -0.05) is 58.8 Å². The average molecular weight is 426 g/mol. The molecule has 1 unspecified atom stereocenters. The van der Waals surface area contributed by atoms with Gasteiger partial charge in [-0.25, -0.2) is 4.68 Å². The molecular formula is C16H27Br2FN2. The van der Waals surface area contributed by atoms with Gasteiger partial charge >= 0.3 is 0 Å². The molecular weight excluding hydrogens is 399 g/mol. The lowest BCUT2D eigenvalue weighted by Gasteiger charge is -2.30. The summed E-state index contributed by atoms with van der Waals surface area (Å²) in [6, 6.07) is 0. The van der Waals surface area contributed by atoms with Gasteiger partial charge in [-0.15, -0.1) is 0 Å². The molecule has 5 heteroatoms. The first kappa shape index (κ1) is 19.1. The molecule has 0 radical (unpaired) electrons. The number of rotatable bonds is 10. The maximum atomic E-state index is 14.4. The molecule has 0 saturated heterocycles. The average Bonchev–Trinajstić information content (AvgIpc) is 2.73. The molecule has 0 aromatic carbocycles. The summed E-state index contributed by atoms with van der Waals surface area (Å²) in [6.45, 7) is 6.53. The Labute approximate surface area is 145 Å². The molecule has 0 fully saturated rings. The Hall–Kier alpha value is 0.1000. The maximum absolute atomic E-state index is 14.4. The van der Waals surface area contributed by atoms with Crippen molar-refractivity contribution in [1.29, 1.82) is 0 Å². The van der Waals surface area contributed by atoms with E-state index in [0.29, 0.717) is 9.08 Å². The summed E-state index contributed by atoms with van der Waals surface area (Å²) in [5.41, 5.74) is -0.235. The molecule has 0 saturated carbocycles. The van der Waals surface area contributed by atoms with E-state index in [9.17, 15) is 4.39 Å². The number of hydrogen-bond acceptors (Lipinski definition) is 1. The van der Waals surface area contributed by atoms with E-state index in [1.54, 1.807) is 4.68 Å². The molecule has 0 N–H and O–H groups in total. The van der Waals surface area contributed by atoms with Crippen LogP contribution in [0, 0.1) is 5.95 Å². The van der Waals surface area contributed by atoms with Gasteiger partial charge in [0.1, 0.15) is 9.08 Å². The molecule has 0 aliphatic carbocycles. The monoisotopic (exact) mass is 424 g/mol. The first-order chi connectivity index (χ1) is 9.96. The highest BCUT2D eigenvalue weighted by atomic mass is 79.9. The summed E-state index contributed by atoms with van der Waals surface area (Å²) in [5, 5.41) is 4.36. The SMILES string of the molecule is CCCCCCCC(C)(CCCC)n1nc(Br)c(Br)c1F. The van der Waals surface area contributed by atoms with E-state index in [1.165, 1.54) is 25.7 Å². The van der Waals surface area contributed by atoms with Crippen molar-refractivity contribution in [2.24, 2.45) is 0 Å². The number of hydrogen-bond donors (Lipinski definition) is 0. The first-order valence-corrected chi connectivity index (χ1v) is 9.65. The molecule has 1 atom stereocenters. The summed E-state index contributed by atoms with van der Waals surface area (Å²) < 4.78 is 17.0. The highest BCUT2D eigenvalue weighted by Crippen LogP contribution is 2.35. The van der Waals surface area contributed by atoms with Crippen LogP contribution in [0.2, 0.25) is 0 Å². The van der Waals surface area contributed by atoms with E-state index < -0.39 is 0 Å². The first-order valence-electron chi connectivity index (χ1n) is 8.06. The Morgan fingerprint density at radius 3 is 2.10 bits per heavy atom. The van der Waals surface area contributed by atoms with Gasteiger partial charge in [-0.2, -0.15) is 9.49 Å². The molecule has 1 rings (SSSR count). The van der Waals surface area contributed by atoms with Crippen molar-refractivity contribution in [2.45, 2.75) is 84.1 Å². The van der Waals surface area contributed by atoms with Crippen molar-refractivity contribution in [1.82, 2.24) is 9.78 Å². The zero-order valence-corrected chi connectivity index (χ0v) is 16.6. The molecule has 0 aliphatic rings. The van der Waals surface area contributed by atoms with E-state index in [0.717, 1.165) is 32.1 Å². The van der Waals surface area contributed by atoms with Gasteiger partial charge in [0.15, 0.2) is 0 Å². The Kier molecular flexibility index (Phi) is 8.47. The number of aromatic nitrogens is 2. The molecule has 0 aliphatic heterocycles. The summed E-state index contributed by atoms with van der Waals surface area (Å²) in [5.74, 6) is -0.269. The lowest BCUT2D eigenvalue weighted by molar-refractivity contribution is 0.199. The molecule has 1 heterocycles. The van der Waals surface area contributed by atoms with Crippen molar-refractivity contribution in [3.05, 3.63) is 15.0 Å². The molecule has 0 spiro atoms. The highest BCUT2D eigenvalue weighted by Gasteiger charge is 2.31. The van der Waals surface area contributed by atoms with Crippen molar-refractivity contribution >= 4 is 31.9 Å². The summed E-state index contributed by atoms with van der Waals surface area (Å²) in [7, 11) is 0. The molecule has 122 valence electrons. The van der Waals surface area contributed by atoms with Crippen LogP contribution in [0.25, 0.3) is 0 Å². The summed E-state index contributed by atoms with van der Waals surface area (Å²) in [6.07, 6.45) is 10.3. The Morgan fingerprint density at radius 1 is 1.00 bits per heavy atom. The normalized spacial score (nSPS) is 14.4. The maximum Gasteiger partial charge on any atom is 0.227 e. The fourth-order valence-electron chi connectivity index (χ4n) is 2.72. The van der Waals surface area contributed by atoms with Crippen LogP contribution in [0.1, 0.15) is 78.6 Å². The predicted molar refractivity (Wildman–Crippen MR) is 94.1 cm³/mol. The van der Waals surface area contributed by atoms with Gasteiger partial charge < -0.3 is 0 Å². The number of unbranched alkanes of at least 4 members (excludes halogenated alkanes) is 5. The molecule has 0 bridgehead atoms. The van der Waals surface area contributed by atoms with Gasteiger partial charge in [-0.3, -0.25) is 0 Å². The minimum Gasteiger partial charge on any atom is -0.232 e. The Morgan fingerprint density at radius 2 is 1.57 bits per heavy atom. The van der Waals surface area contributed by atoms with Crippen LogP contribution in [0.4, 0.5) is 4.39 Å². The fourth-order valence-corrected chi connectivity index (χ4v) is 3.28. The smallest absolute Gasteiger partial charge is 0.227 e. The van der Waals surface area contributed by atoms with E-state index in [2.05, 4.69) is 57.7 Å². The van der Waals surface area contributed by atoms with Crippen LogP contribution in [0.15, 0.2) is 9.08 Å². The van der Waals surface area contributed by atoms with Crippen molar-refractivity contribution in [3.63, 3.8) is 0 Å². The van der Waals surface area contributed by atoms with Gasteiger partial charge in [0.2, 0.25) is 5.95 Å². The second kappa shape index (κ2) is 9.29. The van der Waals surface area contributed by atoms with Crippen molar-refractivity contribution < 1.29 is 4.39 Å². The second-order valence-corrected chi connectivity index (χ2v) is 7.62. The molecule has 2 nitrogen and oxygen atoms in total. The molecule has 0 amide bonds. The van der Waals surface area contributed by atoms with Crippen LogP contribution in [-0.4, -0.2) is 9.78 Å². The quantitative estimate of drug-likeness (QED) is 0.376. The largest absolute Gasteiger partial charge is 0.232 e. The van der Waals surface area contributed by atoms with Crippen molar-refractivity contribution in [3.8, 4) is 0 Å². The predicted octanol–water partition coefficient (Wildman–Crippen LogP) is 6.81. The zero-order chi connectivity index (χ0) is 15.9. The second-order valence-electron chi connectivity index (χ2n) is 6.07. The lowest BCUT2D eigenvalue weighted by Crippen LogP contribution is -2.32. The van der Waals surface area contributed by atoms with Gasteiger partial charge in [0.05, 0.1) is 5.54 Å². The zero-order valence-electron chi connectivity index (χ0n) is 13.4. The third kappa shape index (κ3) is 5.34. The van der Waals surface area contributed by atoms with Crippen LogP contribution < -0.4 is 0 Å². The lowest BCUT2D eigenvalue weighted by atomic mass is 9.88. The molecule has 1 aromatic rings. The Balaban J connectivity index is 2.79. The topological polar surface area (TPSA) is 17.8 Å². The van der Waals surface area contributed by atoms with Gasteiger partial charge in [0, 0.05) is 0 Å². The van der Waals surface area contributed by atoms with Crippen LogP contribution in [0.3, 0.4) is 0 Å². The van der Waals surface area contributed by atoms with Crippen LogP contribution in [-0.2, 0) is 5.54 Å². The van der Waals surface area contributed by atoms with E-state index in [1.807, 2.05) is 0 Å². The molecule has 1 aromatic heterocycles. The van der Waals surface area contributed by atoms with E-state index in [-0.39, 0.29) is 11.5 Å². The third-order valence-electron chi connectivity index (χ3n) is 4.14. The number of nitrogens with zero attached hydrogens (tertiary/aromatic N) is 2. The van der Waals surface area contributed by atoms with E-state index in [4.69, 9.17) is 0 Å². The Bertz CT molecular complexity index is 434. The summed E-state index contributed by atoms with van der Waals surface area (Å²) >= 11 is 6.57. The number of halogens is 3. The molecule has 21 heavy (non-hydrogen) atoms. The minimum absolute atomic E-state index is 0.235. The highest BCUT2D eigenvalue weighted by molar-refractivity contribution is 9.13. The van der Waals surface area contributed by atoms with Gasteiger partial charge in [-0.05, 0) is 51.6 Å². The van der Waals surface area contributed by atoms with Crippen LogP contribution >= 0.6 is 31.9 Å². The fraction of sp³-hybridized carbons (Fsp3) is 0.812. The van der Waals surface area contributed by atoms with Crippen LogP contribution in [0.5, 0.6) is 0 Å². The standard InChI is InChI=1S/C16H27Br2FN2/c1-4-6-8-9-10-12-16(3,11-7-5-2)21-15(19)13(17)14(18)20-21/h4-12H2,1-3H3. The van der Waals surface area contributed by atoms with Crippen molar-refractivity contribution in [2.75, 3.05) is 0 Å². The summed E-state index contributed by atoms with van der Waals surface area (Å²) in [4.78, 5) is 0. The van der Waals surface area contributed by atoms with E-state index >= 15 is 0 Å².